The molecule has 0 bridgehead atoms. The molecule has 0 spiro atoms. The molecule has 2 aromatic carbocycles. The monoisotopic (exact) mass is 236 g/mol. The van der Waals surface area contributed by atoms with E-state index in [0.717, 1.165) is 11.6 Å². The van der Waals surface area contributed by atoms with Crippen molar-refractivity contribution in [2.24, 2.45) is 0 Å². The molecule has 2 rings (SSSR count). The lowest BCUT2D eigenvalue weighted by atomic mass is 10.0. The second kappa shape index (κ2) is 4.14. The van der Waals surface area contributed by atoms with E-state index in [9.17, 15) is 4.39 Å². The Morgan fingerprint density at radius 3 is 2.50 bits per heavy atom. The zero-order valence-electron chi connectivity index (χ0n) is 8.67. The van der Waals surface area contributed by atoms with Gasteiger partial charge in [0, 0.05) is 16.7 Å². The average Bonchev–Trinajstić information content (AvgIpc) is 2.15. The highest BCUT2D eigenvalue weighted by Crippen LogP contribution is 2.28. The smallest absolute Gasteiger partial charge is 0.134 e. The summed E-state index contributed by atoms with van der Waals surface area (Å²) in [5, 5.41) is 9.70. The molecular weight excluding hydrogens is 227 g/mol. The summed E-state index contributed by atoms with van der Waals surface area (Å²) in [6, 6.07) is 9.44. The SMILES string of the molecule is Cc1cc(Cl)cc(-c2ccc(O)cc2F)c1. The zero-order valence-corrected chi connectivity index (χ0v) is 9.42. The fourth-order valence-electron chi connectivity index (χ4n) is 1.63. The van der Waals surface area contributed by atoms with Gasteiger partial charge in [0.1, 0.15) is 11.6 Å². The summed E-state index contributed by atoms with van der Waals surface area (Å²) in [7, 11) is 0. The van der Waals surface area contributed by atoms with Crippen LogP contribution >= 0.6 is 11.6 Å². The molecule has 3 heteroatoms. The fourth-order valence-corrected chi connectivity index (χ4v) is 1.92. The largest absolute Gasteiger partial charge is 0.508 e. The minimum atomic E-state index is -0.457. The first-order chi connectivity index (χ1) is 7.56. The molecule has 0 aliphatic carbocycles. The number of benzene rings is 2. The molecule has 82 valence electrons. The maximum atomic E-state index is 13.6. The van der Waals surface area contributed by atoms with Crippen molar-refractivity contribution in [2.75, 3.05) is 0 Å². The van der Waals surface area contributed by atoms with Crippen LogP contribution in [0.2, 0.25) is 5.02 Å². The van der Waals surface area contributed by atoms with Crippen LogP contribution in [0.3, 0.4) is 0 Å². The maximum Gasteiger partial charge on any atom is 0.134 e. The number of rotatable bonds is 1. The highest BCUT2D eigenvalue weighted by atomic mass is 35.5. The summed E-state index contributed by atoms with van der Waals surface area (Å²) >= 11 is 5.91. The van der Waals surface area contributed by atoms with Gasteiger partial charge in [0.15, 0.2) is 0 Å². The first-order valence-electron chi connectivity index (χ1n) is 4.82. The van der Waals surface area contributed by atoms with E-state index in [1.807, 2.05) is 19.1 Å². The van der Waals surface area contributed by atoms with Crippen LogP contribution in [0, 0.1) is 12.7 Å². The standard InChI is InChI=1S/C13H10ClFO/c1-8-4-9(6-10(14)5-8)12-3-2-11(16)7-13(12)15/h2-7,16H,1H3. The number of hydrogen-bond acceptors (Lipinski definition) is 1. The molecule has 0 aliphatic rings. The van der Waals surface area contributed by atoms with Crippen molar-refractivity contribution < 1.29 is 9.50 Å². The highest BCUT2D eigenvalue weighted by molar-refractivity contribution is 6.30. The van der Waals surface area contributed by atoms with Gasteiger partial charge < -0.3 is 5.11 Å². The van der Waals surface area contributed by atoms with Gasteiger partial charge in [-0.25, -0.2) is 4.39 Å². The molecule has 0 saturated heterocycles. The Labute approximate surface area is 98.1 Å². The molecule has 0 atom stereocenters. The van der Waals surface area contributed by atoms with E-state index >= 15 is 0 Å². The molecule has 0 unspecified atom stereocenters. The van der Waals surface area contributed by atoms with E-state index in [-0.39, 0.29) is 5.75 Å². The van der Waals surface area contributed by atoms with E-state index in [0.29, 0.717) is 16.1 Å². The summed E-state index contributed by atoms with van der Waals surface area (Å²) in [4.78, 5) is 0. The van der Waals surface area contributed by atoms with Crippen molar-refractivity contribution in [3.63, 3.8) is 0 Å². The molecule has 0 saturated carbocycles. The molecule has 2 aromatic rings. The molecule has 0 aliphatic heterocycles. The number of aromatic hydroxyl groups is 1. The molecule has 0 fully saturated rings. The number of aryl methyl sites for hydroxylation is 1. The van der Waals surface area contributed by atoms with Gasteiger partial charge in [0.05, 0.1) is 0 Å². The molecule has 1 nitrogen and oxygen atoms in total. The summed E-state index contributed by atoms with van der Waals surface area (Å²) in [5.41, 5.74) is 2.11. The van der Waals surface area contributed by atoms with Crippen LogP contribution in [0.4, 0.5) is 4.39 Å². The maximum absolute atomic E-state index is 13.6. The summed E-state index contributed by atoms with van der Waals surface area (Å²) in [6.45, 7) is 1.90. The number of hydrogen-bond donors (Lipinski definition) is 1. The molecule has 0 heterocycles. The average molecular weight is 237 g/mol. The van der Waals surface area contributed by atoms with Crippen molar-refractivity contribution >= 4 is 11.6 Å². The molecular formula is C13H10ClFO. The normalized spacial score (nSPS) is 10.4. The van der Waals surface area contributed by atoms with Gasteiger partial charge >= 0.3 is 0 Å². The topological polar surface area (TPSA) is 20.2 Å². The van der Waals surface area contributed by atoms with Crippen LogP contribution in [0.5, 0.6) is 5.75 Å². The number of phenols is 1. The fraction of sp³-hybridized carbons (Fsp3) is 0.0769. The second-order valence-electron chi connectivity index (χ2n) is 3.68. The second-order valence-corrected chi connectivity index (χ2v) is 4.12. The molecule has 0 aromatic heterocycles. The molecule has 16 heavy (non-hydrogen) atoms. The van der Waals surface area contributed by atoms with Gasteiger partial charge in [0.25, 0.3) is 0 Å². The predicted molar refractivity (Wildman–Crippen MR) is 63.2 cm³/mol. The lowest BCUT2D eigenvalue weighted by molar-refractivity contribution is 0.469. The van der Waals surface area contributed by atoms with Gasteiger partial charge in [-0.1, -0.05) is 17.7 Å². The van der Waals surface area contributed by atoms with Gasteiger partial charge in [-0.3, -0.25) is 0 Å². The lowest BCUT2D eigenvalue weighted by Gasteiger charge is -2.06. The van der Waals surface area contributed by atoms with Gasteiger partial charge in [-0.05, 0) is 42.3 Å². The zero-order chi connectivity index (χ0) is 11.7. The van der Waals surface area contributed by atoms with Crippen molar-refractivity contribution in [1.29, 1.82) is 0 Å². The quantitative estimate of drug-likeness (QED) is 0.788. The predicted octanol–water partition coefficient (Wildman–Crippen LogP) is 4.16. The molecule has 0 radical (unpaired) electrons. The number of phenolic OH excluding ortho intramolecular Hbond substituents is 1. The Kier molecular flexibility index (Phi) is 2.84. The van der Waals surface area contributed by atoms with E-state index in [4.69, 9.17) is 16.7 Å². The van der Waals surface area contributed by atoms with Crippen LogP contribution in [-0.4, -0.2) is 5.11 Å². The van der Waals surface area contributed by atoms with Gasteiger partial charge in [-0.15, -0.1) is 0 Å². The van der Waals surface area contributed by atoms with Crippen LogP contribution < -0.4 is 0 Å². The van der Waals surface area contributed by atoms with Crippen LogP contribution in [0.15, 0.2) is 36.4 Å². The van der Waals surface area contributed by atoms with Crippen LogP contribution in [0.1, 0.15) is 5.56 Å². The molecule has 0 amide bonds. The van der Waals surface area contributed by atoms with Crippen molar-refractivity contribution in [3.8, 4) is 16.9 Å². The summed E-state index contributed by atoms with van der Waals surface area (Å²) in [6.07, 6.45) is 0. The van der Waals surface area contributed by atoms with Crippen LogP contribution in [-0.2, 0) is 0 Å². The van der Waals surface area contributed by atoms with E-state index < -0.39 is 5.82 Å². The Bertz CT molecular complexity index is 517. The van der Waals surface area contributed by atoms with E-state index in [1.54, 1.807) is 6.07 Å². The summed E-state index contributed by atoms with van der Waals surface area (Å²) < 4.78 is 13.6. The minimum Gasteiger partial charge on any atom is -0.508 e. The van der Waals surface area contributed by atoms with Gasteiger partial charge in [0.2, 0.25) is 0 Å². The third-order valence-electron chi connectivity index (χ3n) is 2.31. The van der Waals surface area contributed by atoms with Crippen molar-refractivity contribution in [3.05, 3.63) is 52.8 Å². The Hall–Kier alpha value is -1.54. The first-order valence-corrected chi connectivity index (χ1v) is 5.20. The lowest BCUT2D eigenvalue weighted by Crippen LogP contribution is -1.85. The minimum absolute atomic E-state index is 0.0833. The van der Waals surface area contributed by atoms with E-state index in [2.05, 4.69) is 0 Å². The Balaban J connectivity index is 2.58. The highest BCUT2D eigenvalue weighted by Gasteiger charge is 2.07. The molecule has 1 N–H and O–H groups in total. The van der Waals surface area contributed by atoms with Gasteiger partial charge in [-0.2, -0.15) is 0 Å². The summed E-state index contributed by atoms with van der Waals surface area (Å²) in [5.74, 6) is -0.540. The third kappa shape index (κ3) is 2.17. The number of halogens is 2. The Morgan fingerprint density at radius 1 is 1.12 bits per heavy atom. The van der Waals surface area contributed by atoms with E-state index in [1.165, 1.54) is 12.1 Å². The third-order valence-corrected chi connectivity index (χ3v) is 2.52. The van der Waals surface area contributed by atoms with Crippen molar-refractivity contribution in [2.45, 2.75) is 6.92 Å². The Morgan fingerprint density at radius 2 is 1.88 bits per heavy atom. The van der Waals surface area contributed by atoms with Crippen molar-refractivity contribution in [1.82, 2.24) is 0 Å². The van der Waals surface area contributed by atoms with Crippen LogP contribution in [0.25, 0.3) is 11.1 Å². The first kappa shape index (κ1) is 11.0.